The first-order valence-corrected chi connectivity index (χ1v) is 13.8. The normalized spacial score (nSPS) is 14.4. The van der Waals surface area contributed by atoms with Crippen LogP contribution in [0.25, 0.3) is 11.5 Å². The second kappa shape index (κ2) is 9.56. The smallest absolute Gasteiger partial charge is 0.236 e. The quantitative estimate of drug-likeness (QED) is 0.278. The molecular weight excluding hydrogens is 582 g/mol. The van der Waals surface area contributed by atoms with Crippen molar-refractivity contribution in [2.24, 2.45) is 0 Å². The van der Waals surface area contributed by atoms with Gasteiger partial charge in [-0.2, -0.15) is 4.98 Å². The van der Waals surface area contributed by atoms with Crippen molar-refractivity contribution < 1.29 is 12.8 Å². The van der Waals surface area contributed by atoms with Crippen molar-refractivity contribution >= 4 is 53.3 Å². The van der Waals surface area contributed by atoms with Crippen LogP contribution in [-0.2, 0) is 9.84 Å². The fourth-order valence-corrected chi connectivity index (χ4v) is 5.77. The van der Waals surface area contributed by atoms with Crippen LogP contribution in [0.5, 0.6) is 0 Å². The Hall–Kier alpha value is -2.62. The lowest BCUT2D eigenvalue weighted by Gasteiger charge is -2.36. The van der Waals surface area contributed by atoms with Gasteiger partial charge in [-0.05, 0) is 60.7 Å². The zero-order valence-corrected chi connectivity index (χ0v) is 22.1. The molecular formula is C25H21Br2N3O3S. The molecule has 0 N–H and O–H groups in total. The van der Waals surface area contributed by atoms with Gasteiger partial charge in [0, 0.05) is 46.4 Å². The van der Waals surface area contributed by atoms with Crippen LogP contribution in [-0.4, -0.2) is 39.6 Å². The van der Waals surface area contributed by atoms with Crippen LogP contribution >= 0.6 is 31.9 Å². The van der Waals surface area contributed by atoms with E-state index in [2.05, 4.69) is 53.9 Å². The number of hydrogen-bond acceptors (Lipinski definition) is 6. The SMILES string of the molecule is O=S(=O)(c1ccc(Br)cc1)c1nc(-c2ccc(Br)cc2)oc1N1CCN(c2ccccc2)CC1. The van der Waals surface area contributed by atoms with Crippen LogP contribution in [0.3, 0.4) is 0 Å². The topological polar surface area (TPSA) is 66.7 Å². The van der Waals surface area contributed by atoms with Gasteiger partial charge >= 0.3 is 0 Å². The van der Waals surface area contributed by atoms with E-state index in [4.69, 9.17) is 4.42 Å². The maximum Gasteiger partial charge on any atom is 0.236 e. The monoisotopic (exact) mass is 601 g/mol. The number of benzene rings is 3. The first-order valence-electron chi connectivity index (χ1n) is 10.7. The molecule has 9 heteroatoms. The number of para-hydroxylation sites is 1. The molecule has 1 aliphatic heterocycles. The van der Waals surface area contributed by atoms with E-state index in [1.54, 1.807) is 24.3 Å². The second-order valence-corrected chi connectivity index (χ2v) is 11.6. The van der Waals surface area contributed by atoms with E-state index >= 15 is 0 Å². The molecule has 0 aliphatic carbocycles. The molecule has 0 bridgehead atoms. The van der Waals surface area contributed by atoms with Gasteiger partial charge in [0.2, 0.25) is 26.6 Å². The number of rotatable bonds is 5. The van der Waals surface area contributed by atoms with Gasteiger partial charge in [-0.1, -0.05) is 50.1 Å². The Kier molecular flexibility index (Phi) is 6.50. The molecule has 0 atom stereocenters. The van der Waals surface area contributed by atoms with E-state index < -0.39 is 9.84 Å². The maximum atomic E-state index is 13.6. The first kappa shape index (κ1) is 23.1. The summed E-state index contributed by atoms with van der Waals surface area (Å²) in [5.74, 6) is 0.567. The molecule has 6 nitrogen and oxygen atoms in total. The van der Waals surface area contributed by atoms with Crippen molar-refractivity contribution in [1.29, 1.82) is 0 Å². The van der Waals surface area contributed by atoms with Crippen LogP contribution in [0.2, 0.25) is 0 Å². The standard InChI is InChI=1S/C25H21Br2N3O3S/c26-19-8-6-18(7-9-19)23-28-24(34(31,32)22-12-10-20(27)11-13-22)25(33-23)30-16-14-29(15-17-30)21-4-2-1-3-5-21/h1-13H,14-17H2. The number of halogens is 2. The van der Waals surface area contributed by atoms with E-state index in [0.717, 1.165) is 27.7 Å². The first-order chi connectivity index (χ1) is 16.4. The molecule has 174 valence electrons. The highest BCUT2D eigenvalue weighted by molar-refractivity contribution is 9.10. The van der Waals surface area contributed by atoms with E-state index in [1.165, 1.54) is 0 Å². The van der Waals surface area contributed by atoms with Crippen molar-refractivity contribution in [2.45, 2.75) is 9.92 Å². The number of anilines is 2. The molecule has 0 saturated carbocycles. The Bertz CT molecular complexity index is 1380. The number of sulfone groups is 1. The average molecular weight is 603 g/mol. The van der Waals surface area contributed by atoms with Crippen LogP contribution in [0, 0.1) is 0 Å². The fraction of sp³-hybridized carbons (Fsp3) is 0.160. The Morgan fingerprint density at radius 1 is 0.735 bits per heavy atom. The van der Waals surface area contributed by atoms with E-state index in [-0.39, 0.29) is 21.7 Å². The Morgan fingerprint density at radius 3 is 1.91 bits per heavy atom. The lowest BCUT2D eigenvalue weighted by molar-refractivity contribution is 0.525. The summed E-state index contributed by atoms with van der Waals surface area (Å²) in [6.45, 7) is 2.73. The molecule has 34 heavy (non-hydrogen) atoms. The lowest BCUT2D eigenvalue weighted by atomic mass is 10.2. The zero-order chi connectivity index (χ0) is 23.7. The number of hydrogen-bond donors (Lipinski definition) is 0. The third kappa shape index (κ3) is 4.64. The summed E-state index contributed by atoms with van der Waals surface area (Å²) in [4.78, 5) is 8.93. The third-order valence-corrected chi connectivity index (χ3v) is 8.46. The Balaban J connectivity index is 1.52. The minimum atomic E-state index is -3.89. The Morgan fingerprint density at radius 2 is 1.29 bits per heavy atom. The summed E-state index contributed by atoms with van der Waals surface area (Å²) in [7, 11) is -3.89. The predicted octanol–water partition coefficient (Wildman–Crippen LogP) is 6.03. The largest absolute Gasteiger partial charge is 0.419 e. The molecule has 1 fully saturated rings. The number of piperazine rings is 1. The summed E-state index contributed by atoms with van der Waals surface area (Å²) in [5, 5.41) is -0.0547. The summed E-state index contributed by atoms with van der Waals surface area (Å²) < 4.78 is 35.1. The van der Waals surface area contributed by atoms with Gasteiger partial charge in [-0.15, -0.1) is 0 Å². The van der Waals surface area contributed by atoms with Crippen molar-refractivity contribution in [2.75, 3.05) is 36.0 Å². The zero-order valence-electron chi connectivity index (χ0n) is 18.1. The van der Waals surface area contributed by atoms with Crippen molar-refractivity contribution in [3.8, 4) is 11.5 Å². The van der Waals surface area contributed by atoms with Crippen LogP contribution in [0.1, 0.15) is 0 Å². The molecule has 5 rings (SSSR count). The molecule has 3 aromatic carbocycles. The predicted molar refractivity (Wildman–Crippen MR) is 140 cm³/mol. The Labute approximate surface area is 215 Å². The van der Waals surface area contributed by atoms with Gasteiger partial charge in [-0.3, -0.25) is 0 Å². The molecule has 0 amide bonds. The van der Waals surface area contributed by atoms with Crippen LogP contribution in [0.15, 0.2) is 102 Å². The third-order valence-electron chi connectivity index (χ3n) is 5.74. The van der Waals surface area contributed by atoms with Gasteiger partial charge in [0.1, 0.15) is 0 Å². The molecule has 2 heterocycles. The molecule has 0 spiro atoms. The minimum Gasteiger partial charge on any atom is -0.419 e. The second-order valence-electron chi connectivity index (χ2n) is 7.90. The molecule has 0 unspecified atom stereocenters. The number of nitrogens with zero attached hydrogens (tertiary/aromatic N) is 3. The number of aromatic nitrogens is 1. The molecule has 1 aromatic heterocycles. The highest BCUT2D eigenvalue weighted by Gasteiger charge is 2.33. The highest BCUT2D eigenvalue weighted by atomic mass is 79.9. The molecule has 0 radical (unpaired) electrons. The molecule has 4 aromatic rings. The van der Waals surface area contributed by atoms with Crippen molar-refractivity contribution in [3.05, 3.63) is 87.8 Å². The van der Waals surface area contributed by atoms with Crippen molar-refractivity contribution in [3.63, 3.8) is 0 Å². The van der Waals surface area contributed by atoms with Crippen LogP contribution < -0.4 is 9.80 Å². The summed E-state index contributed by atoms with van der Waals surface area (Å²) in [5.41, 5.74) is 1.86. The summed E-state index contributed by atoms with van der Waals surface area (Å²) >= 11 is 6.79. The number of oxazole rings is 1. The van der Waals surface area contributed by atoms with E-state index in [9.17, 15) is 8.42 Å². The summed E-state index contributed by atoms with van der Waals surface area (Å²) in [6, 6.07) is 24.2. The van der Waals surface area contributed by atoms with Gasteiger partial charge in [-0.25, -0.2) is 8.42 Å². The van der Waals surface area contributed by atoms with Gasteiger partial charge in [0.15, 0.2) is 0 Å². The van der Waals surface area contributed by atoms with Gasteiger partial charge < -0.3 is 14.2 Å². The highest BCUT2D eigenvalue weighted by Crippen LogP contribution is 2.36. The minimum absolute atomic E-state index is 0.0547. The van der Waals surface area contributed by atoms with E-state index in [0.29, 0.717) is 18.7 Å². The van der Waals surface area contributed by atoms with Crippen LogP contribution in [0.4, 0.5) is 11.6 Å². The van der Waals surface area contributed by atoms with Crippen molar-refractivity contribution in [1.82, 2.24) is 4.98 Å². The lowest BCUT2D eigenvalue weighted by Crippen LogP contribution is -2.46. The molecule has 1 saturated heterocycles. The van der Waals surface area contributed by atoms with E-state index in [1.807, 2.05) is 47.4 Å². The molecule has 1 aliphatic rings. The van der Waals surface area contributed by atoms with Gasteiger partial charge in [0.25, 0.3) is 0 Å². The average Bonchev–Trinajstić information content (AvgIpc) is 3.32. The fourth-order valence-electron chi connectivity index (χ4n) is 3.92. The maximum absolute atomic E-state index is 13.6. The van der Waals surface area contributed by atoms with Gasteiger partial charge in [0.05, 0.1) is 4.90 Å². The summed E-state index contributed by atoms with van der Waals surface area (Å²) in [6.07, 6.45) is 0.